The van der Waals surface area contributed by atoms with Gasteiger partial charge in [-0.05, 0) is 53.5 Å². The lowest BCUT2D eigenvalue weighted by Gasteiger charge is -2.24. The Kier molecular flexibility index (Phi) is 5.79. The van der Waals surface area contributed by atoms with Crippen molar-refractivity contribution < 1.29 is 4.39 Å². The molecule has 2 nitrogen and oxygen atoms in total. The summed E-state index contributed by atoms with van der Waals surface area (Å²) >= 11 is 3.17. The Labute approximate surface area is 123 Å². The van der Waals surface area contributed by atoms with E-state index in [2.05, 4.69) is 33.2 Å². The van der Waals surface area contributed by atoms with Crippen LogP contribution in [0.4, 0.5) is 4.39 Å². The smallest absolute Gasteiger partial charge is 0.137 e. The maximum atomic E-state index is 13.3. The number of nitrogens with one attached hydrogen (secondary N) is 1. The molecule has 0 spiro atoms. The second kappa shape index (κ2) is 7.36. The molecule has 0 heterocycles. The average Bonchev–Trinajstić information content (AvgIpc) is 2.92. The summed E-state index contributed by atoms with van der Waals surface area (Å²) in [6, 6.07) is 6.06. The van der Waals surface area contributed by atoms with Gasteiger partial charge in [0.25, 0.3) is 0 Å². The lowest BCUT2D eigenvalue weighted by Crippen LogP contribution is -2.35. The van der Waals surface area contributed by atoms with Gasteiger partial charge in [-0.3, -0.25) is 0 Å². The highest BCUT2D eigenvalue weighted by atomic mass is 79.9. The van der Waals surface area contributed by atoms with Crippen LogP contribution in [0.5, 0.6) is 0 Å². The second-order valence-corrected chi connectivity index (χ2v) is 6.20. The first-order chi connectivity index (χ1) is 9.16. The first-order valence-corrected chi connectivity index (χ1v) is 7.81. The molecule has 1 N–H and O–H groups in total. The summed E-state index contributed by atoms with van der Waals surface area (Å²) in [6.07, 6.45) is 5.43. The molecule has 0 aromatic heterocycles. The number of hydrogen-bond donors (Lipinski definition) is 1. The van der Waals surface area contributed by atoms with Gasteiger partial charge < -0.3 is 10.2 Å². The van der Waals surface area contributed by atoms with Gasteiger partial charge in [0.1, 0.15) is 5.82 Å². The molecule has 0 amide bonds. The summed E-state index contributed by atoms with van der Waals surface area (Å²) in [5.74, 6) is -0.192. The molecule has 1 aromatic rings. The molecule has 0 atom stereocenters. The minimum Gasteiger partial charge on any atom is -0.311 e. The molecular formula is C15H22BrFN2. The van der Waals surface area contributed by atoms with Gasteiger partial charge in [0, 0.05) is 25.7 Å². The lowest BCUT2D eigenvalue weighted by atomic mass is 10.2. The fraction of sp³-hybridized carbons (Fsp3) is 0.600. The van der Waals surface area contributed by atoms with E-state index in [1.807, 2.05) is 6.07 Å². The van der Waals surface area contributed by atoms with Crippen molar-refractivity contribution in [2.45, 2.75) is 38.3 Å². The van der Waals surface area contributed by atoms with E-state index in [-0.39, 0.29) is 5.82 Å². The molecule has 1 fully saturated rings. The number of nitrogens with zero attached hydrogens (tertiary/aromatic N) is 1. The predicted octanol–water partition coefficient (Wildman–Crippen LogP) is 3.55. The van der Waals surface area contributed by atoms with E-state index in [1.54, 1.807) is 12.1 Å². The summed E-state index contributed by atoms with van der Waals surface area (Å²) in [5.41, 5.74) is 0.990. The van der Waals surface area contributed by atoms with Crippen LogP contribution in [0.15, 0.2) is 22.7 Å². The number of benzene rings is 1. The van der Waals surface area contributed by atoms with Crippen LogP contribution in [0, 0.1) is 5.82 Å². The number of rotatable bonds is 6. The number of likely N-dealkylation sites (N-methyl/N-ethyl adjacent to an activating group) is 1. The van der Waals surface area contributed by atoms with Gasteiger partial charge in [-0.2, -0.15) is 0 Å². The van der Waals surface area contributed by atoms with Crippen molar-refractivity contribution in [2.75, 3.05) is 20.1 Å². The van der Waals surface area contributed by atoms with Crippen LogP contribution in [0.25, 0.3) is 0 Å². The Hall–Kier alpha value is -0.450. The Morgan fingerprint density at radius 2 is 2.11 bits per heavy atom. The van der Waals surface area contributed by atoms with Crippen molar-refractivity contribution in [1.82, 2.24) is 10.2 Å². The summed E-state index contributed by atoms with van der Waals surface area (Å²) in [6.45, 7) is 2.73. The number of hydrogen-bond acceptors (Lipinski definition) is 2. The molecule has 1 aliphatic carbocycles. The van der Waals surface area contributed by atoms with Gasteiger partial charge in [0.05, 0.1) is 4.47 Å². The van der Waals surface area contributed by atoms with E-state index in [0.29, 0.717) is 4.47 Å². The van der Waals surface area contributed by atoms with E-state index in [9.17, 15) is 4.39 Å². The van der Waals surface area contributed by atoms with Crippen molar-refractivity contribution in [2.24, 2.45) is 0 Å². The van der Waals surface area contributed by atoms with Crippen LogP contribution >= 0.6 is 15.9 Å². The Bertz CT molecular complexity index is 405. The third kappa shape index (κ3) is 4.55. The molecular weight excluding hydrogens is 307 g/mol. The molecule has 0 saturated heterocycles. The van der Waals surface area contributed by atoms with Gasteiger partial charge in [-0.1, -0.05) is 18.9 Å². The largest absolute Gasteiger partial charge is 0.311 e. The number of halogens is 2. The van der Waals surface area contributed by atoms with Crippen LogP contribution in [0.2, 0.25) is 0 Å². The van der Waals surface area contributed by atoms with Crippen LogP contribution in [-0.2, 0) is 6.54 Å². The van der Waals surface area contributed by atoms with Gasteiger partial charge >= 0.3 is 0 Å². The zero-order valence-electron chi connectivity index (χ0n) is 11.5. The van der Waals surface area contributed by atoms with E-state index in [4.69, 9.17) is 0 Å². The van der Waals surface area contributed by atoms with Gasteiger partial charge in [0.15, 0.2) is 0 Å². The first kappa shape index (κ1) is 14.9. The normalized spacial score (nSPS) is 16.4. The second-order valence-electron chi connectivity index (χ2n) is 5.34. The average molecular weight is 329 g/mol. The fourth-order valence-corrected chi connectivity index (χ4v) is 2.91. The maximum absolute atomic E-state index is 13.3. The summed E-state index contributed by atoms with van der Waals surface area (Å²) in [4.78, 5) is 2.45. The highest BCUT2D eigenvalue weighted by Crippen LogP contribution is 2.21. The summed E-state index contributed by atoms with van der Waals surface area (Å²) in [7, 11) is 2.21. The molecule has 2 rings (SSSR count). The molecule has 1 saturated carbocycles. The van der Waals surface area contributed by atoms with Crippen molar-refractivity contribution in [3.8, 4) is 0 Å². The molecule has 106 valence electrons. The van der Waals surface area contributed by atoms with Crippen molar-refractivity contribution in [3.05, 3.63) is 34.1 Å². The van der Waals surface area contributed by atoms with Crippen LogP contribution in [-0.4, -0.2) is 31.1 Å². The highest BCUT2D eigenvalue weighted by molar-refractivity contribution is 9.10. The van der Waals surface area contributed by atoms with Crippen LogP contribution in [0.1, 0.15) is 31.2 Å². The minimum atomic E-state index is -0.192. The van der Waals surface area contributed by atoms with Crippen LogP contribution in [0.3, 0.4) is 0 Å². The quantitative estimate of drug-likeness (QED) is 0.803. The fourth-order valence-electron chi connectivity index (χ4n) is 2.67. The van der Waals surface area contributed by atoms with E-state index in [0.717, 1.165) is 31.2 Å². The Balaban J connectivity index is 1.67. The third-order valence-electron chi connectivity index (χ3n) is 3.90. The molecule has 0 aliphatic heterocycles. The molecule has 4 heteroatoms. The predicted molar refractivity (Wildman–Crippen MR) is 80.7 cm³/mol. The third-order valence-corrected chi connectivity index (χ3v) is 4.55. The van der Waals surface area contributed by atoms with E-state index >= 15 is 0 Å². The first-order valence-electron chi connectivity index (χ1n) is 7.01. The molecule has 1 aromatic carbocycles. The maximum Gasteiger partial charge on any atom is 0.137 e. The minimum absolute atomic E-state index is 0.192. The van der Waals surface area contributed by atoms with Crippen LogP contribution < -0.4 is 5.32 Å². The molecule has 1 aliphatic rings. The highest BCUT2D eigenvalue weighted by Gasteiger charge is 2.18. The van der Waals surface area contributed by atoms with Crippen molar-refractivity contribution in [3.63, 3.8) is 0 Å². The SMILES string of the molecule is CN(CCNCc1ccc(Br)c(F)c1)C1CCCC1. The van der Waals surface area contributed by atoms with Gasteiger partial charge in [-0.15, -0.1) is 0 Å². The van der Waals surface area contributed by atoms with E-state index in [1.165, 1.54) is 25.7 Å². The zero-order valence-corrected chi connectivity index (χ0v) is 13.0. The zero-order chi connectivity index (χ0) is 13.7. The Morgan fingerprint density at radius 3 is 2.79 bits per heavy atom. The monoisotopic (exact) mass is 328 g/mol. The summed E-state index contributed by atoms with van der Waals surface area (Å²) < 4.78 is 13.9. The molecule has 0 radical (unpaired) electrons. The summed E-state index contributed by atoms with van der Waals surface area (Å²) in [5, 5.41) is 3.38. The van der Waals surface area contributed by atoms with Crippen molar-refractivity contribution >= 4 is 15.9 Å². The molecule has 19 heavy (non-hydrogen) atoms. The van der Waals surface area contributed by atoms with Crippen molar-refractivity contribution in [1.29, 1.82) is 0 Å². The standard InChI is InChI=1S/C15H22BrFN2/c1-19(13-4-2-3-5-13)9-8-18-11-12-6-7-14(16)15(17)10-12/h6-7,10,13,18H,2-5,8-9,11H2,1H3. The topological polar surface area (TPSA) is 15.3 Å². The van der Waals surface area contributed by atoms with Gasteiger partial charge in [0.2, 0.25) is 0 Å². The van der Waals surface area contributed by atoms with E-state index < -0.39 is 0 Å². The Morgan fingerprint density at radius 1 is 1.37 bits per heavy atom. The lowest BCUT2D eigenvalue weighted by molar-refractivity contribution is 0.245. The molecule has 0 bridgehead atoms. The molecule has 0 unspecified atom stereocenters. The van der Waals surface area contributed by atoms with Gasteiger partial charge in [-0.25, -0.2) is 4.39 Å².